The predicted octanol–water partition coefficient (Wildman–Crippen LogP) is 4.87. The molecule has 4 aromatic rings. The van der Waals surface area contributed by atoms with Crippen molar-refractivity contribution < 1.29 is 5.11 Å². The van der Waals surface area contributed by atoms with E-state index in [-0.39, 0.29) is 12.4 Å². The van der Waals surface area contributed by atoms with E-state index in [1.54, 1.807) is 0 Å². The van der Waals surface area contributed by atoms with E-state index >= 15 is 0 Å². The van der Waals surface area contributed by atoms with Crippen molar-refractivity contribution in [3.05, 3.63) is 60.2 Å². The number of nitrogens with one attached hydrogen (secondary N) is 1. The summed E-state index contributed by atoms with van der Waals surface area (Å²) in [5, 5.41) is 21.1. The Labute approximate surface area is 148 Å². The lowest BCUT2D eigenvalue weighted by atomic mass is 9.92. The highest BCUT2D eigenvalue weighted by Crippen LogP contribution is 2.35. The van der Waals surface area contributed by atoms with E-state index in [2.05, 4.69) is 59.9 Å². The van der Waals surface area contributed by atoms with Gasteiger partial charge in [0.2, 0.25) is 0 Å². The van der Waals surface area contributed by atoms with Gasteiger partial charge in [0.15, 0.2) is 0 Å². The minimum atomic E-state index is -0.691. The van der Waals surface area contributed by atoms with Crippen LogP contribution in [0.2, 0.25) is 0 Å². The van der Waals surface area contributed by atoms with Crippen LogP contribution in [0.25, 0.3) is 32.3 Å². The van der Waals surface area contributed by atoms with E-state index in [1.165, 1.54) is 37.9 Å². The summed E-state index contributed by atoms with van der Waals surface area (Å²) in [4.78, 5) is 0. The molecule has 3 heteroatoms. The van der Waals surface area contributed by atoms with Crippen LogP contribution in [0.3, 0.4) is 0 Å². The number of aliphatic hydroxyl groups is 1. The third-order valence-corrected chi connectivity index (χ3v) is 4.49. The Morgan fingerprint density at radius 2 is 1.42 bits per heavy atom. The highest BCUT2D eigenvalue weighted by Gasteiger charge is 2.13. The van der Waals surface area contributed by atoms with E-state index in [0.717, 1.165) is 6.54 Å². The molecule has 0 atom stereocenters. The SMILES string of the molecule is CC(C)(O)CNCc1ccc2ccc3cccc4ccc1c2c34.Cl. The Kier molecular flexibility index (Phi) is 4.39. The van der Waals surface area contributed by atoms with Gasteiger partial charge in [-0.1, -0.05) is 54.6 Å². The number of benzene rings is 4. The lowest BCUT2D eigenvalue weighted by Gasteiger charge is -2.19. The maximum Gasteiger partial charge on any atom is 0.0715 e. The maximum absolute atomic E-state index is 9.87. The molecule has 0 aromatic heterocycles. The van der Waals surface area contributed by atoms with Crippen LogP contribution in [0.1, 0.15) is 19.4 Å². The first kappa shape index (κ1) is 17.0. The van der Waals surface area contributed by atoms with Crippen molar-refractivity contribution in [1.29, 1.82) is 0 Å². The van der Waals surface area contributed by atoms with Crippen LogP contribution < -0.4 is 5.32 Å². The molecule has 0 saturated carbocycles. The minimum absolute atomic E-state index is 0. The largest absolute Gasteiger partial charge is 0.389 e. The summed E-state index contributed by atoms with van der Waals surface area (Å²) >= 11 is 0. The Bertz CT molecular complexity index is 972. The third kappa shape index (κ3) is 2.93. The lowest BCUT2D eigenvalue weighted by Crippen LogP contribution is -2.34. The molecule has 124 valence electrons. The van der Waals surface area contributed by atoms with Gasteiger partial charge in [-0.3, -0.25) is 0 Å². The minimum Gasteiger partial charge on any atom is -0.389 e. The fourth-order valence-electron chi connectivity index (χ4n) is 3.45. The first-order chi connectivity index (χ1) is 11.0. The molecule has 0 aliphatic heterocycles. The molecular formula is C21H22ClNO. The van der Waals surface area contributed by atoms with Gasteiger partial charge < -0.3 is 10.4 Å². The van der Waals surface area contributed by atoms with Crippen molar-refractivity contribution in [3.8, 4) is 0 Å². The van der Waals surface area contributed by atoms with Crippen molar-refractivity contribution in [2.75, 3.05) is 6.54 Å². The predicted molar refractivity (Wildman–Crippen MR) is 105 cm³/mol. The molecular weight excluding hydrogens is 318 g/mol. The summed E-state index contributed by atoms with van der Waals surface area (Å²) < 4.78 is 0. The summed E-state index contributed by atoms with van der Waals surface area (Å²) in [6.07, 6.45) is 0. The van der Waals surface area contributed by atoms with Gasteiger partial charge in [-0.25, -0.2) is 0 Å². The Morgan fingerprint density at radius 1 is 0.833 bits per heavy atom. The first-order valence-electron chi connectivity index (χ1n) is 8.11. The summed E-state index contributed by atoms with van der Waals surface area (Å²) in [5.41, 5.74) is 0.587. The normalized spacial score (nSPS) is 12.1. The van der Waals surface area contributed by atoms with Crippen molar-refractivity contribution in [1.82, 2.24) is 5.32 Å². The standard InChI is InChI=1S/C21H21NO.ClH/c1-21(2,23)13-22-12-17-9-8-16-7-6-14-4-3-5-15-10-11-18(17)20(16)19(14)15;/h3-11,22-23H,12-13H2,1-2H3;1H. The van der Waals surface area contributed by atoms with Gasteiger partial charge in [-0.2, -0.15) is 0 Å². The molecule has 0 amide bonds. The van der Waals surface area contributed by atoms with Crippen LogP contribution in [-0.2, 0) is 6.54 Å². The van der Waals surface area contributed by atoms with Gasteiger partial charge in [0, 0.05) is 13.1 Å². The van der Waals surface area contributed by atoms with Crippen molar-refractivity contribution in [2.24, 2.45) is 0 Å². The molecule has 2 nitrogen and oxygen atoms in total. The monoisotopic (exact) mass is 339 g/mol. The fraction of sp³-hybridized carbons (Fsp3) is 0.238. The van der Waals surface area contributed by atoms with Crippen molar-refractivity contribution in [3.63, 3.8) is 0 Å². The van der Waals surface area contributed by atoms with Gasteiger partial charge in [-0.05, 0) is 51.7 Å². The zero-order valence-electron chi connectivity index (χ0n) is 14.0. The fourth-order valence-corrected chi connectivity index (χ4v) is 3.45. The highest BCUT2D eigenvalue weighted by molar-refractivity contribution is 6.23. The van der Waals surface area contributed by atoms with Crippen LogP contribution in [0.15, 0.2) is 54.6 Å². The molecule has 0 unspecified atom stereocenters. The maximum atomic E-state index is 9.87. The molecule has 0 aliphatic rings. The number of hydrogen-bond donors (Lipinski definition) is 2. The van der Waals surface area contributed by atoms with E-state index in [0.29, 0.717) is 6.54 Å². The zero-order chi connectivity index (χ0) is 16.0. The molecule has 0 aliphatic carbocycles. The van der Waals surface area contributed by atoms with Crippen LogP contribution in [0.5, 0.6) is 0 Å². The summed E-state index contributed by atoms with van der Waals surface area (Å²) in [7, 11) is 0. The second kappa shape index (κ2) is 6.21. The Hall–Kier alpha value is -1.87. The highest BCUT2D eigenvalue weighted by atomic mass is 35.5. The van der Waals surface area contributed by atoms with E-state index < -0.39 is 5.60 Å². The molecule has 4 rings (SSSR count). The molecule has 2 N–H and O–H groups in total. The second-order valence-electron chi connectivity index (χ2n) is 7.00. The first-order valence-corrected chi connectivity index (χ1v) is 8.11. The van der Waals surface area contributed by atoms with E-state index in [4.69, 9.17) is 0 Å². The Balaban J connectivity index is 0.00000169. The van der Waals surface area contributed by atoms with Gasteiger partial charge in [-0.15, -0.1) is 12.4 Å². The molecule has 0 bridgehead atoms. The van der Waals surface area contributed by atoms with Crippen LogP contribution >= 0.6 is 12.4 Å². The average Bonchev–Trinajstić information content (AvgIpc) is 2.52. The molecule has 0 saturated heterocycles. The summed E-state index contributed by atoms with van der Waals surface area (Å²) in [6.45, 7) is 4.99. The average molecular weight is 340 g/mol. The van der Waals surface area contributed by atoms with E-state index in [9.17, 15) is 5.11 Å². The van der Waals surface area contributed by atoms with Crippen LogP contribution in [-0.4, -0.2) is 17.3 Å². The second-order valence-corrected chi connectivity index (χ2v) is 7.00. The lowest BCUT2D eigenvalue weighted by molar-refractivity contribution is 0.0795. The van der Waals surface area contributed by atoms with Gasteiger partial charge >= 0.3 is 0 Å². The summed E-state index contributed by atoms with van der Waals surface area (Å²) in [5.74, 6) is 0. The van der Waals surface area contributed by atoms with Crippen molar-refractivity contribution >= 4 is 44.7 Å². The quantitative estimate of drug-likeness (QED) is 0.520. The topological polar surface area (TPSA) is 32.3 Å². The van der Waals surface area contributed by atoms with Crippen LogP contribution in [0.4, 0.5) is 0 Å². The van der Waals surface area contributed by atoms with E-state index in [1.807, 2.05) is 13.8 Å². The van der Waals surface area contributed by atoms with Gasteiger partial charge in [0.25, 0.3) is 0 Å². The molecule has 0 fully saturated rings. The molecule has 4 aromatic carbocycles. The van der Waals surface area contributed by atoms with Gasteiger partial charge in [0.05, 0.1) is 5.60 Å². The number of hydrogen-bond acceptors (Lipinski definition) is 2. The molecule has 0 spiro atoms. The van der Waals surface area contributed by atoms with Gasteiger partial charge in [0.1, 0.15) is 0 Å². The zero-order valence-corrected chi connectivity index (χ0v) is 14.8. The number of rotatable bonds is 4. The number of halogens is 1. The smallest absolute Gasteiger partial charge is 0.0715 e. The molecule has 0 heterocycles. The summed E-state index contributed by atoms with van der Waals surface area (Å²) in [6, 6.07) is 19.7. The van der Waals surface area contributed by atoms with Crippen LogP contribution in [0, 0.1) is 0 Å². The molecule has 24 heavy (non-hydrogen) atoms. The third-order valence-electron chi connectivity index (χ3n) is 4.49. The molecule has 0 radical (unpaired) electrons. The Morgan fingerprint density at radius 3 is 2.08 bits per heavy atom. The van der Waals surface area contributed by atoms with Crippen molar-refractivity contribution in [2.45, 2.75) is 26.0 Å².